The summed E-state index contributed by atoms with van der Waals surface area (Å²) in [5, 5.41) is 0. The molecular formula is C10H17N3O. The van der Waals surface area contributed by atoms with Gasteiger partial charge in [-0.2, -0.15) is 0 Å². The first kappa shape index (κ1) is 9.68. The van der Waals surface area contributed by atoms with E-state index in [4.69, 9.17) is 10.5 Å². The van der Waals surface area contributed by atoms with E-state index in [1.54, 1.807) is 6.33 Å². The van der Waals surface area contributed by atoms with E-state index in [0.717, 1.165) is 25.7 Å². The molecule has 0 radical (unpaired) electrons. The number of nitrogens with one attached hydrogen (secondary N) is 1. The molecule has 1 aromatic heterocycles. The minimum absolute atomic E-state index is 0.293. The van der Waals surface area contributed by atoms with E-state index in [0.29, 0.717) is 18.8 Å². The van der Waals surface area contributed by atoms with Crippen molar-refractivity contribution in [1.29, 1.82) is 0 Å². The van der Waals surface area contributed by atoms with Crippen LogP contribution in [0.4, 0.5) is 0 Å². The zero-order valence-corrected chi connectivity index (χ0v) is 8.28. The average Bonchev–Trinajstić information content (AvgIpc) is 2.86. The number of rotatable bonds is 4. The van der Waals surface area contributed by atoms with Gasteiger partial charge in [-0.1, -0.05) is 0 Å². The van der Waals surface area contributed by atoms with Gasteiger partial charge in [-0.15, -0.1) is 0 Å². The van der Waals surface area contributed by atoms with Crippen molar-refractivity contribution in [2.75, 3.05) is 6.54 Å². The predicted octanol–water partition coefficient (Wildman–Crippen LogP) is 0.849. The second-order valence-corrected chi connectivity index (χ2v) is 3.81. The molecule has 2 atom stereocenters. The van der Waals surface area contributed by atoms with Gasteiger partial charge < -0.3 is 15.5 Å². The van der Waals surface area contributed by atoms with Gasteiger partial charge in [0.05, 0.1) is 18.5 Å². The van der Waals surface area contributed by atoms with Crippen LogP contribution in [-0.2, 0) is 11.2 Å². The fourth-order valence-electron chi connectivity index (χ4n) is 1.90. The Labute approximate surface area is 83.9 Å². The molecule has 4 nitrogen and oxygen atoms in total. The molecule has 0 bridgehead atoms. The van der Waals surface area contributed by atoms with Crippen LogP contribution in [-0.4, -0.2) is 28.7 Å². The van der Waals surface area contributed by atoms with Gasteiger partial charge in [-0.25, -0.2) is 4.98 Å². The first-order valence-corrected chi connectivity index (χ1v) is 5.21. The van der Waals surface area contributed by atoms with E-state index in [9.17, 15) is 0 Å². The van der Waals surface area contributed by atoms with Crippen LogP contribution in [0.15, 0.2) is 12.5 Å². The Morgan fingerprint density at radius 1 is 1.50 bits per heavy atom. The summed E-state index contributed by atoms with van der Waals surface area (Å²) in [7, 11) is 0. The largest absolute Gasteiger partial charge is 0.374 e. The predicted molar refractivity (Wildman–Crippen MR) is 53.9 cm³/mol. The Bertz CT molecular complexity index is 260. The monoisotopic (exact) mass is 195 g/mol. The molecule has 0 saturated carbocycles. The van der Waals surface area contributed by atoms with Crippen molar-refractivity contribution in [1.82, 2.24) is 9.97 Å². The zero-order chi connectivity index (χ0) is 9.80. The maximum Gasteiger partial charge on any atom is 0.0921 e. The van der Waals surface area contributed by atoms with Crippen molar-refractivity contribution in [3.05, 3.63) is 18.2 Å². The van der Waals surface area contributed by atoms with Gasteiger partial charge >= 0.3 is 0 Å². The Morgan fingerprint density at radius 3 is 3.00 bits per heavy atom. The van der Waals surface area contributed by atoms with Crippen molar-refractivity contribution in [3.63, 3.8) is 0 Å². The maximum absolute atomic E-state index is 5.75. The topological polar surface area (TPSA) is 63.9 Å². The smallest absolute Gasteiger partial charge is 0.0921 e. The van der Waals surface area contributed by atoms with Crippen LogP contribution in [0.3, 0.4) is 0 Å². The van der Waals surface area contributed by atoms with E-state index in [-0.39, 0.29) is 0 Å². The molecule has 1 aliphatic heterocycles. The lowest BCUT2D eigenvalue weighted by Crippen LogP contribution is -2.20. The lowest BCUT2D eigenvalue weighted by molar-refractivity contribution is 0.0457. The third kappa shape index (κ3) is 2.33. The van der Waals surface area contributed by atoms with Gasteiger partial charge in [0.15, 0.2) is 0 Å². The third-order valence-electron chi connectivity index (χ3n) is 2.75. The molecule has 1 fully saturated rings. The highest BCUT2D eigenvalue weighted by molar-refractivity contribution is 4.94. The molecule has 2 heterocycles. The number of nitrogens with two attached hydrogens (primary N) is 1. The molecule has 3 N–H and O–H groups in total. The van der Waals surface area contributed by atoms with Gasteiger partial charge in [-0.05, 0) is 25.7 Å². The van der Waals surface area contributed by atoms with E-state index >= 15 is 0 Å². The summed E-state index contributed by atoms with van der Waals surface area (Å²) in [5.41, 5.74) is 6.73. The average molecular weight is 195 g/mol. The lowest BCUT2D eigenvalue weighted by atomic mass is 10.1. The fourth-order valence-corrected chi connectivity index (χ4v) is 1.90. The van der Waals surface area contributed by atoms with Crippen LogP contribution in [0.1, 0.15) is 25.0 Å². The highest BCUT2D eigenvalue weighted by Crippen LogP contribution is 2.22. The molecule has 4 heteroatoms. The Balaban J connectivity index is 1.72. The van der Waals surface area contributed by atoms with Crippen molar-refractivity contribution in [2.45, 2.75) is 37.9 Å². The minimum atomic E-state index is 0.293. The van der Waals surface area contributed by atoms with Crippen LogP contribution in [0, 0.1) is 0 Å². The second kappa shape index (κ2) is 4.57. The molecule has 0 unspecified atom stereocenters. The number of aromatic amines is 1. The molecule has 0 amide bonds. The van der Waals surface area contributed by atoms with E-state index in [1.165, 1.54) is 5.69 Å². The summed E-state index contributed by atoms with van der Waals surface area (Å²) < 4.78 is 5.75. The summed E-state index contributed by atoms with van der Waals surface area (Å²) in [6.45, 7) is 0.653. The quantitative estimate of drug-likeness (QED) is 0.748. The van der Waals surface area contributed by atoms with Gasteiger partial charge in [0.2, 0.25) is 0 Å². The zero-order valence-electron chi connectivity index (χ0n) is 8.28. The number of aryl methyl sites for hydroxylation is 1. The highest BCUT2D eigenvalue weighted by Gasteiger charge is 2.23. The van der Waals surface area contributed by atoms with Gasteiger partial charge in [0, 0.05) is 18.4 Å². The summed E-state index contributed by atoms with van der Waals surface area (Å²) in [6, 6.07) is 0. The van der Waals surface area contributed by atoms with Crippen LogP contribution in [0.25, 0.3) is 0 Å². The summed E-state index contributed by atoms with van der Waals surface area (Å²) >= 11 is 0. The maximum atomic E-state index is 5.75. The van der Waals surface area contributed by atoms with Crippen LogP contribution in [0.2, 0.25) is 0 Å². The summed E-state index contributed by atoms with van der Waals surface area (Å²) in [4.78, 5) is 7.08. The molecule has 1 aliphatic rings. The minimum Gasteiger partial charge on any atom is -0.374 e. The number of ether oxygens (including phenoxy) is 1. The molecule has 78 valence electrons. The van der Waals surface area contributed by atoms with E-state index in [2.05, 4.69) is 9.97 Å². The van der Waals surface area contributed by atoms with Gasteiger partial charge in [-0.3, -0.25) is 0 Å². The molecule has 2 rings (SSSR count). The van der Waals surface area contributed by atoms with E-state index in [1.807, 2.05) is 6.20 Å². The Kier molecular flexibility index (Phi) is 3.16. The molecule has 0 aromatic carbocycles. The first-order chi connectivity index (χ1) is 6.88. The number of H-pyrrole nitrogens is 1. The highest BCUT2D eigenvalue weighted by atomic mass is 16.5. The SMILES string of the molecule is NC[C@H]1CC[C@H](CCc2cnc[nH]2)O1. The van der Waals surface area contributed by atoms with E-state index < -0.39 is 0 Å². The standard InChI is InChI=1S/C10H17N3O/c11-5-10-4-3-9(14-10)2-1-8-6-12-7-13-8/h6-7,9-10H,1-5,11H2,(H,12,13)/t9-,10+/m0/s1. The van der Waals surface area contributed by atoms with Crippen molar-refractivity contribution >= 4 is 0 Å². The lowest BCUT2D eigenvalue weighted by Gasteiger charge is -2.11. The van der Waals surface area contributed by atoms with Crippen LogP contribution < -0.4 is 5.73 Å². The van der Waals surface area contributed by atoms with Crippen LogP contribution in [0.5, 0.6) is 0 Å². The Morgan fingerprint density at radius 2 is 2.36 bits per heavy atom. The number of hydrogen-bond acceptors (Lipinski definition) is 3. The van der Waals surface area contributed by atoms with Crippen molar-refractivity contribution in [2.24, 2.45) is 5.73 Å². The number of imidazole rings is 1. The van der Waals surface area contributed by atoms with Crippen molar-refractivity contribution in [3.8, 4) is 0 Å². The van der Waals surface area contributed by atoms with Crippen LogP contribution >= 0.6 is 0 Å². The third-order valence-corrected chi connectivity index (χ3v) is 2.75. The van der Waals surface area contributed by atoms with Gasteiger partial charge in [0.1, 0.15) is 0 Å². The number of nitrogens with zero attached hydrogens (tertiary/aromatic N) is 1. The molecule has 0 spiro atoms. The van der Waals surface area contributed by atoms with Crippen molar-refractivity contribution < 1.29 is 4.74 Å². The fraction of sp³-hybridized carbons (Fsp3) is 0.700. The summed E-state index contributed by atoms with van der Waals surface area (Å²) in [5.74, 6) is 0. The Hall–Kier alpha value is -0.870. The number of aromatic nitrogens is 2. The molecule has 0 aliphatic carbocycles. The molecule has 1 aromatic rings. The molecule has 1 saturated heterocycles. The first-order valence-electron chi connectivity index (χ1n) is 5.21. The van der Waals surface area contributed by atoms with Gasteiger partial charge in [0.25, 0.3) is 0 Å². The molecule has 14 heavy (non-hydrogen) atoms. The molecular weight excluding hydrogens is 178 g/mol. The summed E-state index contributed by atoms with van der Waals surface area (Å²) in [6.07, 6.45) is 8.62. The number of hydrogen-bond donors (Lipinski definition) is 2. The normalized spacial score (nSPS) is 26.9. The second-order valence-electron chi connectivity index (χ2n) is 3.81.